The lowest BCUT2D eigenvalue weighted by Gasteiger charge is -2.37. The molecule has 1 aliphatic heterocycles. The van der Waals surface area contributed by atoms with Gasteiger partial charge in [-0.15, -0.1) is 0 Å². The minimum absolute atomic E-state index is 0.0304. The van der Waals surface area contributed by atoms with Crippen LogP contribution >= 0.6 is 0 Å². The lowest BCUT2D eigenvalue weighted by Crippen LogP contribution is -2.44. The van der Waals surface area contributed by atoms with E-state index in [1.807, 2.05) is 65.9 Å². The summed E-state index contributed by atoms with van der Waals surface area (Å²) >= 11 is 0. The molecule has 0 fully saturated rings. The van der Waals surface area contributed by atoms with Crippen LogP contribution in [0.25, 0.3) is 11.4 Å². The average Bonchev–Trinajstić information content (AvgIpc) is 3.17. The molecular weight excluding hydrogens is 394 g/mol. The minimum Gasteiger partial charge on any atom is -0.483 e. The van der Waals surface area contributed by atoms with Crippen molar-refractivity contribution < 1.29 is 14.7 Å². The Morgan fingerprint density at radius 3 is 2.29 bits per heavy atom. The van der Waals surface area contributed by atoms with Crippen LogP contribution in [0.1, 0.15) is 47.5 Å². The van der Waals surface area contributed by atoms with Crippen molar-refractivity contribution in [1.82, 2.24) is 24.6 Å². The highest BCUT2D eigenvalue weighted by atomic mass is 16.3. The van der Waals surface area contributed by atoms with E-state index in [2.05, 4.69) is 18.8 Å². The summed E-state index contributed by atoms with van der Waals surface area (Å²) in [5.74, 6) is 1.82. The molecule has 3 aromatic rings. The van der Waals surface area contributed by atoms with Crippen LogP contribution in [-0.4, -0.2) is 48.7 Å². The molecule has 0 saturated carbocycles. The summed E-state index contributed by atoms with van der Waals surface area (Å²) in [5.41, 5.74) is 3.39. The Kier molecular flexibility index (Phi) is 6.79. The first kappa shape index (κ1) is 22.1. The van der Waals surface area contributed by atoms with E-state index in [0.29, 0.717) is 24.5 Å². The van der Waals surface area contributed by atoms with Crippen molar-refractivity contribution in [2.45, 2.75) is 40.3 Å². The van der Waals surface area contributed by atoms with E-state index in [4.69, 9.17) is 20.0 Å². The molecule has 0 saturated heterocycles. The summed E-state index contributed by atoms with van der Waals surface area (Å²) in [7, 11) is 0. The molecule has 1 aliphatic rings. The van der Waals surface area contributed by atoms with Crippen LogP contribution in [0.15, 0.2) is 42.5 Å². The van der Waals surface area contributed by atoms with Gasteiger partial charge in [-0.2, -0.15) is 5.10 Å². The maximum absolute atomic E-state index is 13.3. The second kappa shape index (κ2) is 9.51. The Labute approximate surface area is 181 Å². The normalized spacial score (nSPS) is 15.1. The first-order valence-electron chi connectivity index (χ1n) is 10.2. The van der Waals surface area contributed by atoms with Gasteiger partial charge in [0, 0.05) is 29.1 Å². The zero-order chi connectivity index (χ0) is 22.5. The van der Waals surface area contributed by atoms with Crippen LogP contribution in [0.5, 0.6) is 0 Å². The Morgan fingerprint density at radius 1 is 1.10 bits per heavy atom. The maximum atomic E-state index is 13.3. The van der Waals surface area contributed by atoms with Gasteiger partial charge in [-0.3, -0.25) is 14.6 Å². The number of pyridine rings is 1. The number of hydrogen-bond acceptors (Lipinski definition) is 5. The fraction of sp³-hybridized carbons (Fsp3) is 0.348. The first-order valence-corrected chi connectivity index (χ1v) is 10.2. The number of fused-ring (bicyclic) bond motifs is 1. The summed E-state index contributed by atoms with van der Waals surface area (Å²) in [5, 5.41) is 11.6. The summed E-state index contributed by atoms with van der Waals surface area (Å²) in [6.07, 6.45) is 0. The predicted molar refractivity (Wildman–Crippen MR) is 116 cm³/mol. The van der Waals surface area contributed by atoms with Gasteiger partial charge < -0.3 is 10.0 Å². The largest absolute Gasteiger partial charge is 0.483 e. The van der Waals surface area contributed by atoms with E-state index in [1.165, 1.54) is 0 Å². The van der Waals surface area contributed by atoms with Crippen molar-refractivity contribution in [2.24, 2.45) is 5.92 Å². The van der Waals surface area contributed by atoms with Crippen molar-refractivity contribution in [1.29, 1.82) is 0 Å². The van der Waals surface area contributed by atoms with Gasteiger partial charge in [0.1, 0.15) is 0 Å². The van der Waals surface area contributed by atoms with Crippen LogP contribution < -0.4 is 0 Å². The van der Waals surface area contributed by atoms with Crippen LogP contribution in [0.4, 0.5) is 0 Å². The Morgan fingerprint density at radius 2 is 1.71 bits per heavy atom. The number of carbonyl (C=O) groups is 2. The highest BCUT2D eigenvalue weighted by molar-refractivity contribution is 5.94. The summed E-state index contributed by atoms with van der Waals surface area (Å²) in [6, 6.07) is 13.6. The Bertz CT molecular complexity index is 1040. The zero-order valence-corrected chi connectivity index (χ0v) is 18.2. The SMILES string of the molecule is Cc1cc(C(=O)N2CCn3nc(-c4ccccc4)nc3[C@@H]2C(C)C)cc(C)n1.O=CO. The van der Waals surface area contributed by atoms with Crippen molar-refractivity contribution in [3.63, 3.8) is 0 Å². The van der Waals surface area contributed by atoms with Gasteiger partial charge in [-0.05, 0) is 31.9 Å². The molecule has 8 nitrogen and oxygen atoms in total. The second-order valence-corrected chi connectivity index (χ2v) is 7.81. The summed E-state index contributed by atoms with van der Waals surface area (Å²) in [6.45, 7) is 9.10. The van der Waals surface area contributed by atoms with Gasteiger partial charge in [-0.25, -0.2) is 9.67 Å². The number of aryl methyl sites for hydroxylation is 2. The quantitative estimate of drug-likeness (QED) is 0.650. The van der Waals surface area contributed by atoms with Gasteiger partial charge in [0.05, 0.1) is 12.6 Å². The molecule has 3 heterocycles. The molecule has 4 rings (SSSR count). The van der Waals surface area contributed by atoms with Crippen LogP contribution in [0, 0.1) is 19.8 Å². The van der Waals surface area contributed by atoms with Gasteiger partial charge in [0.25, 0.3) is 12.4 Å². The molecule has 1 N–H and O–H groups in total. The number of aromatic nitrogens is 4. The molecule has 31 heavy (non-hydrogen) atoms. The van der Waals surface area contributed by atoms with Crippen LogP contribution in [0.3, 0.4) is 0 Å². The molecule has 2 aromatic heterocycles. The average molecular weight is 422 g/mol. The minimum atomic E-state index is -0.250. The highest BCUT2D eigenvalue weighted by Gasteiger charge is 2.36. The van der Waals surface area contributed by atoms with Crippen molar-refractivity contribution in [3.8, 4) is 11.4 Å². The molecule has 8 heteroatoms. The number of nitrogens with zero attached hydrogens (tertiary/aromatic N) is 5. The topological polar surface area (TPSA) is 101 Å². The highest BCUT2D eigenvalue weighted by Crippen LogP contribution is 2.33. The molecule has 0 bridgehead atoms. The summed E-state index contributed by atoms with van der Waals surface area (Å²) < 4.78 is 1.96. The molecule has 1 atom stereocenters. The fourth-order valence-corrected chi connectivity index (χ4v) is 3.94. The van der Waals surface area contributed by atoms with Crippen molar-refractivity contribution >= 4 is 12.4 Å². The summed E-state index contributed by atoms with van der Waals surface area (Å²) in [4.78, 5) is 32.9. The van der Waals surface area contributed by atoms with Crippen molar-refractivity contribution in [3.05, 3.63) is 65.2 Å². The molecule has 0 aliphatic carbocycles. The lowest BCUT2D eigenvalue weighted by atomic mass is 9.98. The van der Waals surface area contributed by atoms with Gasteiger partial charge in [0.15, 0.2) is 11.6 Å². The van der Waals surface area contributed by atoms with Crippen LogP contribution in [0.2, 0.25) is 0 Å². The molecule has 0 radical (unpaired) electrons. The number of carbonyl (C=O) groups excluding carboxylic acids is 1. The molecule has 1 amide bonds. The number of amides is 1. The molecule has 0 unspecified atom stereocenters. The number of hydrogen-bond donors (Lipinski definition) is 1. The van der Waals surface area contributed by atoms with E-state index in [9.17, 15) is 4.79 Å². The third-order valence-electron chi connectivity index (χ3n) is 5.11. The van der Waals surface area contributed by atoms with E-state index in [1.54, 1.807) is 0 Å². The maximum Gasteiger partial charge on any atom is 0.290 e. The number of rotatable bonds is 3. The second-order valence-electron chi connectivity index (χ2n) is 7.81. The van der Waals surface area contributed by atoms with E-state index < -0.39 is 0 Å². The molecule has 0 spiro atoms. The zero-order valence-electron chi connectivity index (χ0n) is 18.2. The fourth-order valence-electron chi connectivity index (χ4n) is 3.94. The first-order chi connectivity index (χ1) is 14.8. The van der Waals surface area contributed by atoms with Gasteiger partial charge >= 0.3 is 0 Å². The van der Waals surface area contributed by atoms with Gasteiger partial charge in [0.2, 0.25) is 0 Å². The molecule has 1 aromatic carbocycles. The molecule has 162 valence electrons. The molecular formula is C23H27N5O3. The van der Waals surface area contributed by atoms with Gasteiger partial charge in [-0.1, -0.05) is 44.2 Å². The third-order valence-corrected chi connectivity index (χ3v) is 5.11. The smallest absolute Gasteiger partial charge is 0.290 e. The monoisotopic (exact) mass is 421 g/mol. The number of benzene rings is 1. The van der Waals surface area contributed by atoms with E-state index >= 15 is 0 Å². The standard InChI is InChI=1S/C22H25N5O.CH2O2/c1-14(2)19-21-24-20(17-8-6-5-7-9-17)25-27(21)11-10-26(19)22(28)18-12-15(3)23-16(4)13-18;2-1-3/h5-9,12-14,19H,10-11H2,1-4H3;1H,(H,2,3)/t19-;/m0./s1. The lowest BCUT2D eigenvalue weighted by molar-refractivity contribution is -0.122. The van der Waals surface area contributed by atoms with E-state index in [-0.39, 0.29) is 24.3 Å². The third kappa shape index (κ3) is 4.79. The Hall–Kier alpha value is -3.55. The van der Waals surface area contributed by atoms with E-state index in [0.717, 1.165) is 22.8 Å². The number of carboxylic acid groups (broad SMARTS) is 1. The van der Waals surface area contributed by atoms with Crippen molar-refractivity contribution in [2.75, 3.05) is 6.54 Å². The van der Waals surface area contributed by atoms with Crippen LogP contribution in [-0.2, 0) is 11.3 Å². The Balaban J connectivity index is 0.000000858. The predicted octanol–water partition coefficient (Wildman–Crippen LogP) is 3.51.